The van der Waals surface area contributed by atoms with E-state index in [9.17, 15) is 13.2 Å². The molecule has 1 saturated carbocycles. The molecule has 1 fully saturated rings. The maximum atomic E-state index is 12.3. The summed E-state index contributed by atoms with van der Waals surface area (Å²) in [6, 6.07) is 0.248. The van der Waals surface area contributed by atoms with Crippen LogP contribution in [0.25, 0.3) is 0 Å². The van der Waals surface area contributed by atoms with E-state index in [1.807, 2.05) is 12.3 Å². The van der Waals surface area contributed by atoms with Gasteiger partial charge in [-0.3, -0.25) is 0 Å². The van der Waals surface area contributed by atoms with Gasteiger partial charge in [0.15, 0.2) is 12.1 Å². The summed E-state index contributed by atoms with van der Waals surface area (Å²) in [4.78, 5) is 8.44. The Morgan fingerprint density at radius 2 is 2.29 bits per heavy atom. The molecule has 0 spiro atoms. The lowest BCUT2D eigenvalue weighted by molar-refractivity contribution is -0.201. The monoisotopic (exact) mass is 322 g/mol. The van der Waals surface area contributed by atoms with E-state index in [2.05, 4.69) is 20.6 Å². The van der Waals surface area contributed by atoms with E-state index in [1.54, 1.807) is 0 Å². The van der Waals surface area contributed by atoms with Crippen LogP contribution in [0.4, 0.5) is 13.2 Å². The molecule has 1 aromatic heterocycles. The number of halogens is 3. The Morgan fingerprint density at radius 3 is 2.81 bits per heavy atom. The van der Waals surface area contributed by atoms with E-state index in [1.165, 1.54) is 11.3 Å². The standard InChI is InChI=1S/C12H17F3N4OS/c1-7-6-21-10(18-7)5-17-11(19-8-2-3-8)16-4-9(20)12(13,14)15/h6,8-9,20H,2-5H2,1H3,(H2,16,17,19)/t9-/m1/s1. The minimum absolute atomic E-state index is 0.248. The molecule has 1 aliphatic carbocycles. The van der Waals surface area contributed by atoms with E-state index in [4.69, 9.17) is 5.11 Å². The number of thiazole rings is 1. The van der Waals surface area contributed by atoms with E-state index in [0.29, 0.717) is 6.54 Å². The fraction of sp³-hybridized carbons (Fsp3) is 0.667. The molecule has 1 heterocycles. The summed E-state index contributed by atoms with van der Waals surface area (Å²) in [5.74, 6) is 0.272. The smallest absolute Gasteiger partial charge is 0.382 e. The highest BCUT2D eigenvalue weighted by molar-refractivity contribution is 7.09. The highest BCUT2D eigenvalue weighted by atomic mass is 32.1. The second-order valence-corrected chi connectivity index (χ2v) is 5.85. The normalized spacial score (nSPS) is 17.7. The van der Waals surface area contributed by atoms with Crippen LogP contribution < -0.4 is 10.6 Å². The maximum Gasteiger partial charge on any atom is 0.416 e. The molecule has 118 valence electrons. The van der Waals surface area contributed by atoms with Gasteiger partial charge >= 0.3 is 6.18 Å². The summed E-state index contributed by atoms with van der Waals surface area (Å²) in [5, 5.41) is 17.2. The first-order valence-corrected chi connectivity index (χ1v) is 7.43. The Labute approximate surface area is 124 Å². The van der Waals surface area contributed by atoms with Gasteiger partial charge in [-0.15, -0.1) is 11.3 Å². The van der Waals surface area contributed by atoms with Gasteiger partial charge in [0.2, 0.25) is 0 Å². The van der Waals surface area contributed by atoms with Crippen molar-refractivity contribution in [2.75, 3.05) is 6.54 Å². The first-order valence-electron chi connectivity index (χ1n) is 6.55. The molecule has 0 unspecified atom stereocenters. The Bertz CT molecular complexity index is 499. The molecule has 3 N–H and O–H groups in total. The number of aliphatic hydroxyl groups is 1. The van der Waals surface area contributed by atoms with Gasteiger partial charge in [-0.2, -0.15) is 13.2 Å². The Kier molecular flexibility index (Phi) is 5.04. The Hall–Kier alpha value is -1.35. The molecule has 9 heteroatoms. The first-order chi connectivity index (χ1) is 9.84. The van der Waals surface area contributed by atoms with Crippen LogP contribution in [-0.4, -0.2) is 40.9 Å². The van der Waals surface area contributed by atoms with Crippen molar-refractivity contribution in [3.05, 3.63) is 16.1 Å². The number of hydrogen-bond acceptors (Lipinski definition) is 4. The van der Waals surface area contributed by atoms with Crippen molar-refractivity contribution >= 4 is 17.3 Å². The second kappa shape index (κ2) is 6.61. The molecule has 1 aliphatic rings. The zero-order valence-electron chi connectivity index (χ0n) is 11.4. The van der Waals surface area contributed by atoms with Crippen molar-refractivity contribution < 1.29 is 18.3 Å². The average Bonchev–Trinajstić information content (AvgIpc) is 3.12. The molecule has 2 rings (SSSR count). The highest BCUT2D eigenvalue weighted by Gasteiger charge is 2.38. The largest absolute Gasteiger partial charge is 0.416 e. The lowest BCUT2D eigenvalue weighted by atomic mass is 10.3. The molecule has 0 radical (unpaired) electrons. The van der Waals surface area contributed by atoms with Gasteiger partial charge in [-0.25, -0.2) is 9.98 Å². The van der Waals surface area contributed by atoms with Crippen molar-refractivity contribution in [1.29, 1.82) is 0 Å². The van der Waals surface area contributed by atoms with Crippen LogP contribution in [0, 0.1) is 6.92 Å². The third-order valence-electron chi connectivity index (χ3n) is 2.80. The summed E-state index contributed by atoms with van der Waals surface area (Å²) in [7, 11) is 0. The van der Waals surface area contributed by atoms with Crippen LogP contribution in [0.15, 0.2) is 10.4 Å². The Morgan fingerprint density at radius 1 is 1.57 bits per heavy atom. The lowest BCUT2D eigenvalue weighted by Gasteiger charge is -2.17. The molecule has 21 heavy (non-hydrogen) atoms. The quantitative estimate of drug-likeness (QED) is 0.568. The molecule has 0 aromatic carbocycles. The van der Waals surface area contributed by atoms with Crippen molar-refractivity contribution in [2.45, 2.75) is 44.6 Å². The number of aliphatic imine (C=N–C) groups is 1. The van der Waals surface area contributed by atoms with Crippen molar-refractivity contribution in [3.8, 4) is 0 Å². The fourth-order valence-corrected chi connectivity index (χ4v) is 2.20. The predicted octanol–water partition coefficient (Wildman–Crippen LogP) is 1.57. The minimum Gasteiger partial charge on any atom is -0.382 e. The van der Waals surface area contributed by atoms with Gasteiger partial charge < -0.3 is 15.7 Å². The number of guanidine groups is 1. The summed E-state index contributed by atoms with van der Waals surface area (Å²) in [6.07, 6.45) is -5.10. The predicted molar refractivity (Wildman–Crippen MR) is 74.2 cm³/mol. The first kappa shape index (κ1) is 16.0. The lowest BCUT2D eigenvalue weighted by Crippen LogP contribution is -2.46. The number of nitrogens with one attached hydrogen (secondary N) is 2. The number of hydrogen-bond donors (Lipinski definition) is 3. The zero-order valence-corrected chi connectivity index (χ0v) is 12.3. The fourth-order valence-electron chi connectivity index (χ4n) is 1.50. The number of alkyl halides is 3. The maximum absolute atomic E-state index is 12.3. The van der Waals surface area contributed by atoms with E-state index < -0.39 is 18.8 Å². The van der Waals surface area contributed by atoms with Crippen LogP contribution in [0.3, 0.4) is 0 Å². The van der Waals surface area contributed by atoms with Gasteiger partial charge in [0.1, 0.15) is 5.01 Å². The highest BCUT2D eigenvalue weighted by Crippen LogP contribution is 2.20. The molecular formula is C12H17F3N4OS. The van der Waals surface area contributed by atoms with Crippen LogP contribution in [0.5, 0.6) is 0 Å². The van der Waals surface area contributed by atoms with Crippen LogP contribution in [0.2, 0.25) is 0 Å². The number of aliphatic hydroxyl groups excluding tert-OH is 1. The average molecular weight is 322 g/mol. The van der Waals surface area contributed by atoms with Crippen molar-refractivity contribution in [1.82, 2.24) is 15.6 Å². The van der Waals surface area contributed by atoms with Gasteiger partial charge in [-0.05, 0) is 19.8 Å². The SMILES string of the molecule is Cc1csc(CN=C(NC[C@@H](O)C(F)(F)F)NC2CC2)n1. The number of aromatic nitrogens is 1. The third-order valence-corrected chi connectivity index (χ3v) is 3.75. The van der Waals surface area contributed by atoms with Gasteiger partial charge in [0, 0.05) is 17.1 Å². The molecular weight excluding hydrogens is 305 g/mol. The van der Waals surface area contributed by atoms with E-state index >= 15 is 0 Å². The molecule has 0 bridgehead atoms. The Balaban J connectivity index is 1.90. The summed E-state index contributed by atoms with van der Waals surface area (Å²) < 4.78 is 36.8. The van der Waals surface area contributed by atoms with Crippen LogP contribution in [-0.2, 0) is 6.54 Å². The molecule has 0 aliphatic heterocycles. The summed E-state index contributed by atoms with van der Waals surface area (Å²) >= 11 is 1.45. The molecule has 0 saturated heterocycles. The van der Waals surface area contributed by atoms with Gasteiger partial charge in [0.25, 0.3) is 0 Å². The van der Waals surface area contributed by atoms with Crippen LogP contribution in [0.1, 0.15) is 23.5 Å². The zero-order chi connectivity index (χ0) is 15.5. The molecule has 1 atom stereocenters. The van der Waals surface area contributed by atoms with Gasteiger partial charge in [0.05, 0.1) is 13.1 Å². The van der Waals surface area contributed by atoms with E-state index in [-0.39, 0.29) is 12.0 Å². The molecule has 5 nitrogen and oxygen atoms in total. The third kappa shape index (κ3) is 5.50. The van der Waals surface area contributed by atoms with E-state index in [0.717, 1.165) is 23.5 Å². The van der Waals surface area contributed by atoms with Crippen molar-refractivity contribution in [3.63, 3.8) is 0 Å². The molecule has 0 amide bonds. The molecule has 1 aromatic rings. The van der Waals surface area contributed by atoms with Crippen molar-refractivity contribution in [2.24, 2.45) is 4.99 Å². The van der Waals surface area contributed by atoms with Gasteiger partial charge in [-0.1, -0.05) is 0 Å². The second-order valence-electron chi connectivity index (χ2n) is 4.90. The minimum atomic E-state index is -4.63. The number of rotatable bonds is 5. The summed E-state index contributed by atoms with van der Waals surface area (Å²) in [6.45, 7) is 1.53. The summed E-state index contributed by atoms with van der Waals surface area (Å²) in [5.41, 5.74) is 0.891. The van der Waals surface area contributed by atoms with Crippen LogP contribution >= 0.6 is 11.3 Å². The number of aryl methyl sites for hydroxylation is 1. The number of nitrogens with zero attached hydrogens (tertiary/aromatic N) is 2. The topological polar surface area (TPSA) is 69.5 Å².